The standard InChI is InChI=1S/C17H21N3O4S/c1-4-20(2)14-8-5-12(6-9-14)17(21)19-13-7-10-15(24-3)16(11-13)25(18,22)23/h5-11H,4H2,1-3H3,(H,19,21)(H2,18,22,23). The number of carbonyl (C=O) groups excluding carboxylic acids is 1. The molecule has 2 aromatic carbocycles. The van der Waals surface area contributed by atoms with Gasteiger partial charge in [0.05, 0.1) is 7.11 Å². The van der Waals surface area contributed by atoms with Crippen molar-refractivity contribution < 1.29 is 17.9 Å². The molecule has 0 saturated heterocycles. The number of hydrogen-bond acceptors (Lipinski definition) is 5. The molecule has 1 amide bonds. The molecular weight excluding hydrogens is 342 g/mol. The average Bonchev–Trinajstić information content (AvgIpc) is 2.60. The third-order valence-electron chi connectivity index (χ3n) is 3.77. The van der Waals surface area contributed by atoms with Crippen molar-refractivity contribution >= 4 is 27.3 Å². The number of primary sulfonamides is 1. The second kappa shape index (κ2) is 7.54. The lowest BCUT2D eigenvalue weighted by Gasteiger charge is -2.16. The number of ether oxygens (including phenoxy) is 1. The molecule has 0 aliphatic rings. The number of rotatable bonds is 6. The van der Waals surface area contributed by atoms with Crippen LogP contribution in [0.5, 0.6) is 5.75 Å². The number of nitrogens with two attached hydrogens (primary N) is 1. The third kappa shape index (κ3) is 4.49. The van der Waals surface area contributed by atoms with Crippen LogP contribution in [0.3, 0.4) is 0 Å². The fourth-order valence-electron chi connectivity index (χ4n) is 2.23. The highest BCUT2D eigenvalue weighted by Crippen LogP contribution is 2.26. The minimum Gasteiger partial charge on any atom is -0.495 e. The second-order valence-electron chi connectivity index (χ2n) is 5.43. The minimum atomic E-state index is -3.97. The zero-order chi connectivity index (χ0) is 18.6. The van der Waals surface area contributed by atoms with Gasteiger partial charge in [-0.3, -0.25) is 4.79 Å². The molecule has 0 saturated carbocycles. The van der Waals surface area contributed by atoms with E-state index < -0.39 is 10.0 Å². The number of carbonyl (C=O) groups is 1. The van der Waals surface area contributed by atoms with Crippen LogP contribution in [0.4, 0.5) is 11.4 Å². The Kier molecular flexibility index (Phi) is 5.66. The molecule has 0 aromatic heterocycles. The summed E-state index contributed by atoms with van der Waals surface area (Å²) >= 11 is 0. The normalized spacial score (nSPS) is 11.0. The van der Waals surface area contributed by atoms with Gasteiger partial charge < -0.3 is 15.0 Å². The Morgan fingerprint density at radius 3 is 2.36 bits per heavy atom. The van der Waals surface area contributed by atoms with E-state index in [4.69, 9.17) is 9.88 Å². The quantitative estimate of drug-likeness (QED) is 0.818. The van der Waals surface area contributed by atoms with Gasteiger partial charge in [0.25, 0.3) is 5.91 Å². The number of anilines is 2. The molecule has 0 heterocycles. The van der Waals surface area contributed by atoms with Crippen LogP contribution in [0, 0.1) is 0 Å². The lowest BCUT2D eigenvalue weighted by atomic mass is 10.1. The Balaban J connectivity index is 2.23. The summed E-state index contributed by atoms with van der Waals surface area (Å²) in [5, 5.41) is 7.83. The summed E-state index contributed by atoms with van der Waals surface area (Å²) in [6, 6.07) is 11.4. The number of amides is 1. The van der Waals surface area contributed by atoms with E-state index in [-0.39, 0.29) is 16.6 Å². The molecule has 0 atom stereocenters. The van der Waals surface area contributed by atoms with Crippen molar-refractivity contribution in [2.24, 2.45) is 5.14 Å². The fraction of sp³-hybridized carbons (Fsp3) is 0.235. The number of methoxy groups -OCH3 is 1. The summed E-state index contributed by atoms with van der Waals surface area (Å²) in [4.78, 5) is 14.2. The van der Waals surface area contributed by atoms with Crippen LogP contribution in [-0.4, -0.2) is 35.0 Å². The second-order valence-corrected chi connectivity index (χ2v) is 6.96. The van der Waals surface area contributed by atoms with Gasteiger partial charge in [-0.25, -0.2) is 13.6 Å². The van der Waals surface area contributed by atoms with Gasteiger partial charge in [-0.1, -0.05) is 0 Å². The zero-order valence-electron chi connectivity index (χ0n) is 14.3. The lowest BCUT2D eigenvalue weighted by Crippen LogP contribution is -2.17. The van der Waals surface area contributed by atoms with Crippen molar-refractivity contribution in [2.45, 2.75) is 11.8 Å². The van der Waals surface area contributed by atoms with E-state index in [2.05, 4.69) is 5.32 Å². The first kappa shape index (κ1) is 18.8. The summed E-state index contributed by atoms with van der Waals surface area (Å²) in [5.74, 6) is -0.233. The van der Waals surface area contributed by atoms with E-state index in [1.807, 2.05) is 31.0 Å². The molecule has 0 unspecified atom stereocenters. The number of sulfonamides is 1. The summed E-state index contributed by atoms with van der Waals surface area (Å²) in [7, 11) is -0.664. The van der Waals surface area contributed by atoms with Gasteiger partial charge in [0.15, 0.2) is 0 Å². The van der Waals surface area contributed by atoms with E-state index in [1.54, 1.807) is 18.2 Å². The van der Waals surface area contributed by atoms with Crippen molar-refractivity contribution in [1.82, 2.24) is 0 Å². The minimum absolute atomic E-state index is 0.118. The molecule has 0 aliphatic heterocycles. The average molecular weight is 363 g/mol. The van der Waals surface area contributed by atoms with Crippen molar-refractivity contribution in [3.8, 4) is 5.75 Å². The number of benzene rings is 2. The molecule has 8 heteroatoms. The van der Waals surface area contributed by atoms with Gasteiger partial charge >= 0.3 is 0 Å². The smallest absolute Gasteiger partial charge is 0.255 e. The number of nitrogens with zero attached hydrogens (tertiary/aromatic N) is 1. The molecule has 0 bridgehead atoms. The number of hydrogen-bond donors (Lipinski definition) is 2. The molecule has 7 nitrogen and oxygen atoms in total. The zero-order valence-corrected chi connectivity index (χ0v) is 15.1. The van der Waals surface area contributed by atoms with Crippen LogP contribution < -0.4 is 20.1 Å². The highest BCUT2D eigenvalue weighted by Gasteiger charge is 2.16. The van der Waals surface area contributed by atoms with Crippen molar-refractivity contribution in [1.29, 1.82) is 0 Å². The van der Waals surface area contributed by atoms with Gasteiger partial charge in [-0.2, -0.15) is 0 Å². The van der Waals surface area contributed by atoms with E-state index >= 15 is 0 Å². The van der Waals surface area contributed by atoms with Crippen LogP contribution in [-0.2, 0) is 10.0 Å². The SMILES string of the molecule is CCN(C)c1ccc(C(=O)Nc2ccc(OC)c(S(N)(=O)=O)c2)cc1. The predicted octanol–water partition coefficient (Wildman–Crippen LogP) is 2.05. The third-order valence-corrected chi connectivity index (χ3v) is 4.70. The van der Waals surface area contributed by atoms with Crippen LogP contribution in [0.2, 0.25) is 0 Å². The molecule has 0 aliphatic carbocycles. The number of nitrogens with one attached hydrogen (secondary N) is 1. The maximum atomic E-state index is 12.3. The van der Waals surface area contributed by atoms with Crippen molar-refractivity contribution in [2.75, 3.05) is 30.9 Å². The van der Waals surface area contributed by atoms with Gasteiger partial charge in [-0.05, 0) is 49.4 Å². The summed E-state index contributed by atoms with van der Waals surface area (Å²) in [6.45, 7) is 2.89. The van der Waals surface area contributed by atoms with E-state index in [0.29, 0.717) is 11.3 Å². The molecule has 25 heavy (non-hydrogen) atoms. The van der Waals surface area contributed by atoms with Crippen molar-refractivity contribution in [3.05, 3.63) is 48.0 Å². The van der Waals surface area contributed by atoms with Crippen LogP contribution in [0.1, 0.15) is 17.3 Å². The van der Waals surface area contributed by atoms with E-state index in [9.17, 15) is 13.2 Å². The van der Waals surface area contributed by atoms with Crippen molar-refractivity contribution in [3.63, 3.8) is 0 Å². The predicted molar refractivity (Wildman–Crippen MR) is 97.7 cm³/mol. The van der Waals surface area contributed by atoms with Gasteiger partial charge in [0.2, 0.25) is 10.0 Å². The summed E-state index contributed by atoms with van der Waals surface area (Å²) < 4.78 is 28.2. The Hall–Kier alpha value is -2.58. The molecule has 0 spiro atoms. The Morgan fingerprint density at radius 2 is 1.84 bits per heavy atom. The summed E-state index contributed by atoms with van der Waals surface area (Å²) in [5.41, 5.74) is 1.77. The molecule has 2 rings (SSSR count). The maximum Gasteiger partial charge on any atom is 0.255 e. The van der Waals surface area contributed by atoms with Crippen LogP contribution >= 0.6 is 0 Å². The summed E-state index contributed by atoms with van der Waals surface area (Å²) in [6.07, 6.45) is 0. The maximum absolute atomic E-state index is 12.3. The molecular formula is C17H21N3O4S. The molecule has 2 aromatic rings. The van der Waals surface area contributed by atoms with Gasteiger partial charge in [0.1, 0.15) is 10.6 Å². The van der Waals surface area contributed by atoms with Crippen LogP contribution in [0.15, 0.2) is 47.4 Å². The molecule has 0 radical (unpaired) electrons. The highest BCUT2D eigenvalue weighted by atomic mass is 32.2. The Bertz CT molecular complexity index is 864. The Labute approximate surface area is 147 Å². The topological polar surface area (TPSA) is 102 Å². The van der Waals surface area contributed by atoms with E-state index in [0.717, 1.165) is 12.2 Å². The first-order valence-corrected chi connectivity index (χ1v) is 9.14. The highest BCUT2D eigenvalue weighted by molar-refractivity contribution is 7.89. The first-order valence-electron chi connectivity index (χ1n) is 7.59. The van der Waals surface area contributed by atoms with Gasteiger partial charge in [-0.15, -0.1) is 0 Å². The first-order chi connectivity index (χ1) is 11.8. The monoisotopic (exact) mass is 363 g/mol. The van der Waals surface area contributed by atoms with Crippen LogP contribution in [0.25, 0.3) is 0 Å². The molecule has 3 N–H and O–H groups in total. The Morgan fingerprint density at radius 1 is 1.20 bits per heavy atom. The largest absolute Gasteiger partial charge is 0.495 e. The van der Waals surface area contributed by atoms with Gasteiger partial charge in [0, 0.05) is 30.5 Å². The lowest BCUT2D eigenvalue weighted by molar-refractivity contribution is 0.102. The fourth-order valence-corrected chi connectivity index (χ4v) is 2.95. The molecule has 134 valence electrons. The molecule has 0 fully saturated rings. The van der Waals surface area contributed by atoms with E-state index in [1.165, 1.54) is 19.2 Å².